The van der Waals surface area contributed by atoms with Gasteiger partial charge in [0.05, 0.1) is 5.56 Å². The van der Waals surface area contributed by atoms with Gasteiger partial charge in [0, 0.05) is 33.5 Å². The summed E-state index contributed by atoms with van der Waals surface area (Å²) in [7, 11) is 0. The lowest BCUT2D eigenvalue weighted by molar-refractivity contribution is -0.162. The Morgan fingerprint density at radius 1 is 0.811 bits per heavy atom. The van der Waals surface area contributed by atoms with Gasteiger partial charge in [0.1, 0.15) is 12.3 Å². The topological polar surface area (TPSA) is 101 Å². The van der Waals surface area contributed by atoms with Crippen LogP contribution in [0.15, 0.2) is 77.3 Å². The quantitative estimate of drug-likeness (QED) is 0.166. The third kappa shape index (κ3) is 6.31. The molecule has 0 unspecified atom stereocenters. The van der Waals surface area contributed by atoms with E-state index in [9.17, 15) is 24.0 Å². The Morgan fingerprint density at radius 3 is 1.95 bits per heavy atom. The first-order valence-corrected chi connectivity index (χ1v) is 12.4. The highest BCUT2D eigenvalue weighted by Crippen LogP contribution is 2.21. The number of Topliss-reactive ketones (excluding diaryl/α,β-unsaturated/α-hetero) is 1. The lowest BCUT2D eigenvalue weighted by Crippen LogP contribution is -2.56. The molecule has 10 heteroatoms. The summed E-state index contributed by atoms with van der Waals surface area (Å²) in [5, 5.41) is 2.04. The van der Waals surface area contributed by atoms with Gasteiger partial charge in [-0.05, 0) is 79.2 Å². The number of imide groups is 1. The maximum atomic E-state index is 13.3. The molecule has 0 spiro atoms. The van der Waals surface area contributed by atoms with E-state index in [0.717, 1.165) is 14.5 Å². The number of rotatable bonds is 7. The number of piperidine rings is 1. The van der Waals surface area contributed by atoms with Crippen molar-refractivity contribution in [1.82, 2.24) is 10.0 Å². The molecule has 188 valence electrons. The van der Waals surface area contributed by atoms with Gasteiger partial charge in [0.2, 0.25) is 11.8 Å². The Hall–Kier alpha value is -3.82. The Labute approximate surface area is 225 Å². The number of hydrogen-bond acceptors (Lipinski definition) is 6. The van der Waals surface area contributed by atoms with Crippen molar-refractivity contribution >= 4 is 57.0 Å². The summed E-state index contributed by atoms with van der Waals surface area (Å²) in [5.74, 6) is -2.65. The maximum Gasteiger partial charge on any atom is 0.343 e. The van der Waals surface area contributed by atoms with E-state index in [1.165, 1.54) is 48.5 Å². The third-order valence-corrected chi connectivity index (χ3v) is 6.36. The number of nitrogens with zero attached hydrogens (tertiary/aromatic N) is 2. The average molecular weight is 584 g/mol. The first kappa shape index (κ1) is 26.2. The lowest BCUT2D eigenvalue weighted by Gasteiger charge is -2.35. The van der Waals surface area contributed by atoms with Crippen LogP contribution >= 0.6 is 27.5 Å². The van der Waals surface area contributed by atoms with E-state index in [1.807, 2.05) is 0 Å². The van der Waals surface area contributed by atoms with Gasteiger partial charge in [0.25, 0.3) is 5.91 Å². The van der Waals surface area contributed by atoms with Crippen molar-refractivity contribution in [2.24, 2.45) is 0 Å². The zero-order valence-corrected chi connectivity index (χ0v) is 21.7. The van der Waals surface area contributed by atoms with Crippen LogP contribution in [0.3, 0.4) is 0 Å². The minimum Gasteiger partial charge on any atom is -0.423 e. The number of amides is 3. The standard InChI is InChI=1S/C27H20BrClN2O6/c28-20-10-4-19(5-11-20)27(36)37-22-14-8-17(9-15-22)23(32)16-30(31-24(33)2-1-3-25(31)34)26(35)18-6-12-21(29)13-7-18/h4-15H,1-3,16H2. The monoisotopic (exact) mass is 582 g/mol. The molecule has 1 aliphatic rings. The highest BCUT2D eigenvalue weighted by molar-refractivity contribution is 9.10. The Balaban J connectivity index is 1.52. The Kier molecular flexibility index (Phi) is 8.15. The van der Waals surface area contributed by atoms with Crippen LogP contribution in [0.4, 0.5) is 0 Å². The molecule has 1 aliphatic heterocycles. The van der Waals surface area contributed by atoms with E-state index in [4.69, 9.17) is 16.3 Å². The van der Waals surface area contributed by atoms with Crippen LogP contribution < -0.4 is 4.74 Å². The molecule has 0 aliphatic carbocycles. The number of esters is 1. The smallest absolute Gasteiger partial charge is 0.343 e. The van der Waals surface area contributed by atoms with Crippen molar-refractivity contribution in [1.29, 1.82) is 0 Å². The fourth-order valence-corrected chi connectivity index (χ4v) is 4.06. The summed E-state index contributed by atoms with van der Waals surface area (Å²) in [6, 6.07) is 18.4. The Morgan fingerprint density at radius 2 is 1.35 bits per heavy atom. The maximum absolute atomic E-state index is 13.3. The number of hydrazine groups is 1. The first-order valence-electron chi connectivity index (χ1n) is 11.3. The van der Waals surface area contributed by atoms with E-state index in [2.05, 4.69) is 15.9 Å². The molecule has 8 nitrogen and oxygen atoms in total. The molecule has 1 saturated heterocycles. The van der Waals surface area contributed by atoms with E-state index in [-0.39, 0.29) is 29.7 Å². The molecular formula is C27H20BrClN2O6. The number of hydrogen-bond donors (Lipinski definition) is 0. The average Bonchev–Trinajstić information content (AvgIpc) is 2.88. The molecule has 0 atom stereocenters. The molecule has 0 radical (unpaired) electrons. The predicted molar refractivity (Wildman–Crippen MR) is 138 cm³/mol. The van der Waals surface area contributed by atoms with Crippen molar-refractivity contribution in [2.75, 3.05) is 6.54 Å². The second kappa shape index (κ2) is 11.5. The fraction of sp³-hybridized carbons (Fsp3) is 0.148. The summed E-state index contributed by atoms with van der Waals surface area (Å²) in [6.45, 7) is -0.545. The van der Waals surface area contributed by atoms with E-state index >= 15 is 0 Å². The van der Waals surface area contributed by atoms with Crippen molar-refractivity contribution in [3.8, 4) is 5.75 Å². The SMILES string of the molecule is O=C(CN(C(=O)c1ccc(Cl)cc1)N1C(=O)CCCC1=O)c1ccc(OC(=O)c2ccc(Br)cc2)cc1. The lowest BCUT2D eigenvalue weighted by atomic mass is 10.1. The summed E-state index contributed by atoms with van der Waals surface area (Å²) in [4.78, 5) is 63.8. The molecule has 1 heterocycles. The van der Waals surface area contributed by atoms with Gasteiger partial charge >= 0.3 is 5.97 Å². The van der Waals surface area contributed by atoms with Crippen LogP contribution in [0.1, 0.15) is 50.3 Å². The van der Waals surface area contributed by atoms with Crippen LogP contribution in [0.5, 0.6) is 5.75 Å². The molecule has 0 bridgehead atoms. The molecule has 0 N–H and O–H groups in total. The number of ketones is 1. The van der Waals surface area contributed by atoms with Crippen LogP contribution in [-0.4, -0.2) is 46.0 Å². The fourth-order valence-electron chi connectivity index (χ4n) is 3.67. The van der Waals surface area contributed by atoms with Crippen molar-refractivity contribution in [3.63, 3.8) is 0 Å². The zero-order chi connectivity index (χ0) is 26.5. The number of carbonyl (C=O) groups excluding carboxylic acids is 5. The molecule has 1 fully saturated rings. The number of benzene rings is 3. The van der Waals surface area contributed by atoms with Gasteiger partial charge in [-0.15, -0.1) is 0 Å². The normalized spacial score (nSPS) is 13.3. The second-order valence-electron chi connectivity index (χ2n) is 8.17. The van der Waals surface area contributed by atoms with E-state index < -0.39 is 36.0 Å². The van der Waals surface area contributed by atoms with Gasteiger partial charge < -0.3 is 4.74 Å². The summed E-state index contributed by atoms with van der Waals surface area (Å²) >= 11 is 9.21. The minimum absolute atomic E-state index is 0.0861. The van der Waals surface area contributed by atoms with Crippen molar-refractivity contribution in [3.05, 3.63) is 99.0 Å². The van der Waals surface area contributed by atoms with E-state index in [1.54, 1.807) is 24.3 Å². The van der Waals surface area contributed by atoms with Gasteiger partial charge in [-0.25, -0.2) is 9.80 Å². The van der Waals surface area contributed by atoms with Crippen molar-refractivity contribution < 1.29 is 28.7 Å². The molecular weight excluding hydrogens is 564 g/mol. The molecule has 3 aromatic rings. The molecule has 0 saturated carbocycles. The molecule has 3 amide bonds. The number of halogens is 2. The number of carbonyl (C=O) groups is 5. The summed E-state index contributed by atoms with van der Waals surface area (Å²) in [6.07, 6.45) is 0.553. The van der Waals surface area contributed by atoms with Crippen LogP contribution in [0.2, 0.25) is 5.02 Å². The van der Waals surface area contributed by atoms with Gasteiger partial charge in [-0.1, -0.05) is 27.5 Å². The highest BCUT2D eigenvalue weighted by atomic mass is 79.9. The van der Waals surface area contributed by atoms with Crippen LogP contribution in [0.25, 0.3) is 0 Å². The number of ether oxygens (including phenoxy) is 1. The minimum atomic E-state index is -0.686. The van der Waals surface area contributed by atoms with Crippen molar-refractivity contribution in [2.45, 2.75) is 19.3 Å². The van der Waals surface area contributed by atoms with Gasteiger partial charge in [0.15, 0.2) is 5.78 Å². The van der Waals surface area contributed by atoms with Gasteiger partial charge in [-0.3, -0.25) is 19.2 Å². The van der Waals surface area contributed by atoms with Gasteiger partial charge in [-0.2, -0.15) is 5.01 Å². The van der Waals surface area contributed by atoms with Crippen LogP contribution in [-0.2, 0) is 9.59 Å². The zero-order valence-electron chi connectivity index (χ0n) is 19.4. The predicted octanol–water partition coefficient (Wildman–Crippen LogP) is 5.10. The first-order chi connectivity index (χ1) is 17.7. The molecule has 4 rings (SSSR count). The summed E-state index contributed by atoms with van der Waals surface area (Å²) in [5.41, 5.74) is 0.725. The molecule has 3 aromatic carbocycles. The second-order valence-corrected chi connectivity index (χ2v) is 9.52. The van der Waals surface area contributed by atoms with Crippen LogP contribution in [0, 0.1) is 0 Å². The third-order valence-electron chi connectivity index (χ3n) is 5.58. The largest absolute Gasteiger partial charge is 0.423 e. The molecule has 0 aromatic heterocycles. The summed E-state index contributed by atoms with van der Waals surface area (Å²) < 4.78 is 6.17. The Bertz CT molecular complexity index is 1340. The molecule has 37 heavy (non-hydrogen) atoms. The highest BCUT2D eigenvalue weighted by Gasteiger charge is 2.36. The van der Waals surface area contributed by atoms with E-state index in [0.29, 0.717) is 17.0 Å².